The first-order chi connectivity index (χ1) is 8.69. The quantitative estimate of drug-likeness (QED) is 0.785. The third-order valence-electron chi connectivity index (χ3n) is 4.35. The molecule has 1 aromatic heterocycles. The number of nitrogens with one attached hydrogen (secondary N) is 1. The van der Waals surface area contributed by atoms with E-state index >= 15 is 0 Å². The molecule has 0 aliphatic heterocycles. The first-order valence-corrected chi connectivity index (χ1v) is 7.44. The number of aryl methyl sites for hydroxylation is 1. The fraction of sp³-hybridized carbons (Fsp3) is 0.800. The van der Waals surface area contributed by atoms with E-state index in [1.807, 2.05) is 0 Å². The molecule has 0 radical (unpaired) electrons. The molecule has 2 atom stereocenters. The topological polar surface area (TPSA) is 29.9 Å². The van der Waals surface area contributed by atoms with E-state index in [0.29, 0.717) is 6.04 Å². The summed E-state index contributed by atoms with van der Waals surface area (Å²) in [5.41, 5.74) is 4.06. The molecule has 0 aromatic carbocycles. The average molecular weight is 249 g/mol. The Labute approximate surface area is 111 Å². The Morgan fingerprint density at radius 1 is 1.28 bits per heavy atom. The zero-order valence-corrected chi connectivity index (χ0v) is 12.3. The molecule has 3 heteroatoms. The van der Waals surface area contributed by atoms with Gasteiger partial charge < -0.3 is 5.32 Å². The van der Waals surface area contributed by atoms with Gasteiger partial charge in [0.15, 0.2) is 0 Å². The van der Waals surface area contributed by atoms with Gasteiger partial charge in [0.05, 0.1) is 11.7 Å². The Balaban J connectivity index is 2.03. The van der Waals surface area contributed by atoms with Crippen LogP contribution in [0.5, 0.6) is 0 Å². The normalized spacial score (nSPS) is 23.1. The molecule has 1 heterocycles. The van der Waals surface area contributed by atoms with Crippen LogP contribution in [0.25, 0.3) is 0 Å². The van der Waals surface area contributed by atoms with Gasteiger partial charge in [-0.15, -0.1) is 0 Å². The molecule has 1 fully saturated rings. The number of hydrogen-bond donors (Lipinski definition) is 1. The van der Waals surface area contributed by atoms with Crippen molar-refractivity contribution in [2.45, 2.75) is 59.4 Å². The first-order valence-electron chi connectivity index (χ1n) is 7.44. The van der Waals surface area contributed by atoms with Gasteiger partial charge >= 0.3 is 0 Å². The Morgan fingerprint density at radius 2 is 2.06 bits per heavy atom. The highest BCUT2D eigenvalue weighted by Gasteiger charge is 2.33. The largest absolute Gasteiger partial charge is 0.316 e. The zero-order chi connectivity index (χ0) is 13.1. The Hall–Kier alpha value is -0.830. The van der Waals surface area contributed by atoms with Crippen molar-refractivity contribution in [1.82, 2.24) is 15.1 Å². The molecule has 0 spiro atoms. The second-order valence-electron chi connectivity index (χ2n) is 5.56. The molecular formula is C15H27N3. The maximum absolute atomic E-state index is 4.77. The van der Waals surface area contributed by atoms with Crippen LogP contribution in [0, 0.1) is 19.8 Å². The molecule has 0 saturated heterocycles. The molecule has 2 unspecified atom stereocenters. The SMILES string of the molecule is CCCNCC1CCC1n1nc(C)c(CC)c1C. The van der Waals surface area contributed by atoms with Gasteiger partial charge in [-0.05, 0) is 64.1 Å². The first kappa shape index (κ1) is 13.6. The fourth-order valence-corrected chi connectivity index (χ4v) is 3.11. The average Bonchev–Trinajstić information content (AvgIpc) is 2.59. The number of aromatic nitrogens is 2. The van der Waals surface area contributed by atoms with E-state index in [9.17, 15) is 0 Å². The minimum atomic E-state index is 0.633. The molecular weight excluding hydrogens is 222 g/mol. The molecule has 3 nitrogen and oxygen atoms in total. The van der Waals surface area contributed by atoms with Gasteiger partial charge in [0.1, 0.15) is 0 Å². The molecule has 102 valence electrons. The molecule has 1 saturated carbocycles. The standard InChI is InChI=1S/C15H27N3/c1-5-9-16-10-13-7-8-15(13)18-12(4)14(6-2)11(3)17-18/h13,15-16H,5-10H2,1-4H3. The molecule has 2 rings (SSSR count). The number of hydrogen-bond acceptors (Lipinski definition) is 2. The Bertz CT molecular complexity index is 395. The van der Waals surface area contributed by atoms with Crippen LogP contribution in [0.2, 0.25) is 0 Å². The van der Waals surface area contributed by atoms with Crippen molar-refractivity contribution >= 4 is 0 Å². The van der Waals surface area contributed by atoms with E-state index in [4.69, 9.17) is 5.10 Å². The van der Waals surface area contributed by atoms with Gasteiger partial charge in [0.2, 0.25) is 0 Å². The van der Waals surface area contributed by atoms with Crippen molar-refractivity contribution in [3.63, 3.8) is 0 Å². The summed E-state index contributed by atoms with van der Waals surface area (Å²) >= 11 is 0. The van der Waals surface area contributed by atoms with Gasteiger partial charge in [0, 0.05) is 5.69 Å². The lowest BCUT2D eigenvalue weighted by atomic mass is 9.79. The highest BCUT2D eigenvalue weighted by molar-refractivity contribution is 5.25. The minimum absolute atomic E-state index is 0.633. The lowest BCUT2D eigenvalue weighted by Gasteiger charge is -2.37. The highest BCUT2D eigenvalue weighted by atomic mass is 15.3. The predicted octanol–water partition coefficient (Wildman–Crippen LogP) is 3.01. The van der Waals surface area contributed by atoms with Crippen LogP contribution in [0.4, 0.5) is 0 Å². The van der Waals surface area contributed by atoms with Crippen LogP contribution >= 0.6 is 0 Å². The maximum atomic E-state index is 4.77. The van der Waals surface area contributed by atoms with E-state index < -0.39 is 0 Å². The smallest absolute Gasteiger partial charge is 0.0628 e. The van der Waals surface area contributed by atoms with Crippen molar-refractivity contribution in [3.8, 4) is 0 Å². The summed E-state index contributed by atoms with van der Waals surface area (Å²) in [7, 11) is 0. The third kappa shape index (κ3) is 2.46. The van der Waals surface area contributed by atoms with Crippen molar-refractivity contribution in [2.75, 3.05) is 13.1 Å². The molecule has 1 aromatic rings. The Morgan fingerprint density at radius 3 is 2.56 bits per heavy atom. The van der Waals surface area contributed by atoms with Crippen LogP contribution in [-0.4, -0.2) is 22.9 Å². The van der Waals surface area contributed by atoms with Crippen molar-refractivity contribution in [3.05, 3.63) is 17.0 Å². The third-order valence-corrected chi connectivity index (χ3v) is 4.35. The maximum Gasteiger partial charge on any atom is 0.0628 e. The lowest BCUT2D eigenvalue weighted by Crippen LogP contribution is -2.38. The molecule has 18 heavy (non-hydrogen) atoms. The second kappa shape index (κ2) is 5.87. The molecule has 0 bridgehead atoms. The van der Waals surface area contributed by atoms with Gasteiger partial charge in [-0.25, -0.2) is 0 Å². The van der Waals surface area contributed by atoms with Gasteiger partial charge in [-0.3, -0.25) is 4.68 Å². The summed E-state index contributed by atoms with van der Waals surface area (Å²) in [5, 5.41) is 8.32. The minimum Gasteiger partial charge on any atom is -0.316 e. The van der Waals surface area contributed by atoms with Crippen molar-refractivity contribution in [2.24, 2.45) is 5.92 Å². The summed E-state index contributed by atoms with van der Waals surface area (Å²) in [5.74, 6) is 0.777. The Kier molecular flexibility index (Phi) is 4.44. The van der Waals surface area contributed by atoms with E-state index in [-0.39, 0.29) is 0 Å². The van der Waals surface area contributed by atoms with Gasteiger partial charge in [-0.2, -0.15) is 5.10 Å². The van der Waals surface area contributed by atoms with E-state index in [2.05, 4.69) is 37.7 Å². The predicted molar refractivity (Wildman–Crippen MR) is 76.0 cm³/mol. The highest BCUT2D eigenvalue weighted by Crippen LogP contribution is 2.39. The summed E-state index contributed by atoms with van der Waals surface area (Å²) in [6, 6.07) is 0.633. The van der Waals surface area contributed by atoms with Crippen molar-refractivity contribution in [1.29, 1.82) is 0 Å². The second-order valence-corrected chi connectivity index (χ2v) is 5.56. The van der Waals surface area contributed by atoms with Crippen molar-refractivity contribution < 1.29 is 0 Å². The van der Waals surface area contributed by atoms with Gasteiger partial charge in [-0.1, -0.05) is 13.8 Å². The van der Waals surface area contributed by atoms with Gasteiger partial charge in [0.25, 0.3) is 0 Å². The summed E-state index contributed by atoms with van der Waals surface area (Å²) in [6.07, 6.45) is 4.96. The summed E-state index contributed by atoms with van der Waals surface area (Å²) in [6.45, 7) is 11.1. The number of rotatable bonds is 6. The summed E-state index contributed by atoms with van der Waals surface area (Å²) < 4.78 is 2.30. The van der Waals surface area contributed by atoms with Crippen LogP contribution in [0.1, 0.15) is 56.1 Å². The molecule has 1 aliphatic carbocycles. The van der Waals surface area contributed by atoms with Crippen LogP contribution < -0.4 is 5.32 Å². The van der Waals surface area contributed by atoms with E-state index in [1.165, 1.54) is 36.2 Å². The van der Waals surface area contributed by atoms with Crippen LogP contribution in [-0.2, 0) is 6.42 Å². The molecule has 1 N–H and O–H groups in total. The fourth-order valence-electron chi connectivity index (χ4n) is 3.11. The van der Waals surface area contributed by atoms with Crippen LogP contribution in [0.15, 0.2) is 0 Å². The zero-order valence-electron chi connectivity index (χ0n) is 12.3. The summed E-state index contributed by atoms with van der Waals surface area (Å²) in [4.78, 5) is 0. The van der Waals surface area contributed by atoms with E-state index in [1.54, 1.807) is 0 Å². The molecule has 0 amide bonds. The van der Waals surface area contributed by atoms with Crippen LogP contribution in [0.3, 0.4) is 0 Å². The number of nitrogens with zero attached hydrogens (tertiary/aromatic N) is 2. The monoisotopic (exact) mass is 249 g/mol. The molecule has 1 aliphatic rings. The van der Waals surface area contributed by atoms with E-state index in [0.717, 1.165) is 25.4 Å². The lowest BCUT2D eigenvalue weighted by molar-refractivity contribution is 0.160.